The molecule has 0 bridgehead atoms. The van der Waals surface area contributed by atoms with Crippen molar-refractivity contribution in [3.8, 4) is 0 Å². The first-order valence-electron chi connectivity index (χ1n) is 6.60. The number of hydrogen-bond donors (Lipinski definition) is 2. The van der Waals surface area contributed by atoms with E-state index in [1.54, 1.807) is 6.20 Å². The molecule has 0 atom stereocenters. The van der Waals surface area contributed by atoms with Crippen molar-refractivity contribution in [3.05, 3.63) is 41.7 Å². The van der Waals surface area contributed by atoms with Crippen LogP contribution in [0.2, 0.25) is 0 Å². The SMILES string of the molecule is CCc1ccc(NC(=O)Cn2cc(CCO)nn2)cc1. The zero-order valence-electron chi connectivity index (χ0n) is 11.4. The Morgan fingerprint density at radius 3 is 2.75 bits per heavy atom. The first-order chi connectivity index (χ1) is 9.71. The second kappa shape index (κ2) is 6.81. The predicted octanol–water partition coefficient (Wildman–Crippen LogP) is 1.01. The second-order valence-electron chi connectivity index (χ2n) is 4.48. The van der Waals surface area contributed by atoms with Crippen LogP contribution in [-0.2, 0) is 24.2 Å². The van der Waals surface area contributed by atoms with Gasteiger partial charge in [0.2, 0.25) is 5.91 Å². The summed E-state index contributed by atoms with van der Waals surface area (Å²) in [4.78, 5) is 11.9. The molecule has 0 saturated carbocycles. The summed E-state index contributed by atoms with van der Waals surface area (Å²) in [6, 6.07) is 7.75. The van der Waals surface area contributed by atoms with Crippen LogP contribution in [0, 0.1) is 0 Å². The van der Waals surface area contributed by atoms with Gasteiger partial charge in [-0.2, -0.15) is 0 Å². The quantitative estimate of drug-likeness (QED) is 0.824. The summed E-state index contributed by atoms with van der Waals surface area (Å²) in [5.74, 6) is -0.158. The Morgan fingerprint density at radius 2 is 2.10 bits per heavy atom. The standard InChI is InChI=1S/C14H18N4O2/c1-2-11-3-5-12(6-4-11)15-14(20)10-18-9-13(7-8-19)16-17-18/h3-6,9,19H,2,7-8,10H2,1H3,(H,15,20). The number of nitrogens with zero attached hydrogens (tertiary/aromatic N) is 3. The molecule has 6 heteroatoms. The fourth-order valence-corrected chi connectivity index (χ4v) is 1.82. The molecule has 2 N–H and O–H groups in total. The average Bonchev–Trinajstić information content (AvgIpc) is 2.87. The van der Waals surface area contributed by atoms with Crippen molar-refractivity contribution >= 4 is 11.6 Å². The highest BCUT2D eigenvalue weighted by Gasteiger charge is 2.06. The van der Waals surface area contributed by atoms with E-state index in [9.17, 15) is 4.79 Å². The number of rotatable bonds is 6. The number of amides is 1. The molecular formula is C14H18N4O2. The lowest BCUT2D eigenvalue weighted by Crippen LogP contribution is -2.19. The van der Waals surface area contributed by atoms with Crippen LogP contribution in [0.1, 0.15) is 18.2 Å². The maximum absolute atomic E-state index is 11.9. The van der Waals surface area contributed by atoms with E-state index in [-0.39, 0.29) is 19.1 Å². The minimum Gasteiger partial charge on any atom is -0.396 e. The highest BCUT2D eigenvalue weighted by atomic mass is 16.3. The molecular weight excluding hydrogens is 256 g/mol. The van der Waals surface area contributed by atoms with Gasteiger partial charge in [0.25, 0.3) is 0 Å². The van der Waals surface area contributed by atoms with Crippen LogP contribution in [0.4, 0.5) is 5.69 Å². The van der Waals surface area contributed by atoms with Crippen molar-refractivity contribution in [2.45, 2.75) is 26.3 Å². The maximum Gasteiger partial charge on any atom is 0.246 e. The third-order valence-electron chi connectivity index (χ3n) is 2.91. The minimum absolute atomic E-state index is 0.0225. The molecule has 0 saturated heterocycles. The van der Waals surface area contributed by atoms with Crippen LogP contribution in [-0.4, -0.2) is 32.6 Å². The number of anilines is 1. The van der Waals surface area contributed by atoms with E-state index in [1.165, 1.54) is 10.2 Å². The zero-order chi connectivity index (χ0) is 14.4. The first-order valence-corrected chi connectivity index (χ1v) is 6.60. The van der Waals surface area contributed by atoms with Crippen LogP contribution in [0.15, 0.2) is 30.5 Å². The third-order valence-corrected chi connectivity index (χ3v) is 2.91. The highest BCUT2D eigenvalue weighted by molar-refractivity contribution is 5.90. The minimum atomic E-state index is -0.158. The second-order valence-corrected chi connectivity index (χ2v) is 4.48. The Balaban J connectivity index is 1.90. The summed E-state index contributed by atoms with van der Waals surface area (Å²) < 4.78 is 1.46. The van der Waals surface area contributed by atoms with Crippen molar-refractivity contribution in [1.29, 1.82) is 0 Å². The van der Waals surface area contributed by atoms with Crippen LogP contribution in [0.3, 0.4) is 0 Å². The summed E-state index contributed by atoms with van der Waals surface area (Å²) in [5, 5.41) is 19.3. The van der Waals surface area contributed by atoms with Gasteiger partial charge in [0.15, 0.2) is 0 Å². The van der Waals surface area contributed by atoms with Crippen LogP contribution in [0.5, 0.6) is 0 Å². The number of benzene rings is 1. The lowest BCUT2D eigenvalue weighted by Gasteiger charge is -2.05. The average molecular weight is 274 g/mol. The van der Waals surface area contributed by atoms with E-state index in [2.05, 4.69) is 22.6 Å². The topological polar surface area (TPSA) is 80.0 Å². The molecule has 0 fully saturated rings. The number of carbonyl (C=O) groups excluding carboxylic acids is 1. The van der Waals surface area contributed by atoms with Gasteiger partial charge in [0.1, 0.15) is 6.54 Å². The summed E-state index contributed by atoms with van der Waals surface area (Å²) >= 11 is 0. The van der Waals surface area contributed by atoms with Crippen molar-refractivity contribution in [1.82, 2.24) is 15.0 Å². The Labute approximate surface area is 117 Å². The lowest BCUT2D eigenvalue weighted by molar-refractivity contribution is -0.116. The smallest absolute Gasteiger partial charge is 0.246 e. The van der Waals surface area contributed by atoms with E-state index in [1.807, 2.05) is 24.3 Å². The molecule has 1 amide bonds. The summed E-state index contributed by atoms with van der Waals surface area (Å²) in [6.45, 7) is 2.21. The Morgan fingerprint density at radius 1 is 1.35 bits per heavy atom. The zero-order valence-corrected chi connectivity index (χ0v) is 11.4. The summed E-state index contributed by atoms with van der Waals surface area (Å²) in [6.07, 6.45) is 3.08. The van der Waals surface area contributed by atoms with Gasteiger partial charge in [-0.25, -0.2) is 4.68 Å². The maximum atomic E-state index is 11.9. The van der Waals surface area contributed by atoms with Gasteiger partial charge < -0.3 is 10.4 Å². The fourth-order valence-electron chi connectivity index (χ4n) is 1.82. The molecule has 20 heavy (non-hydrogen) atoms. The largest absolute Gasteiger partial charge is 0.396 e. The first kappa shape index (κ1) is 14.2. The van der Waals surface area contributed by atoms with E-state index >= 15 is 0 Å². The molecule has 2 aromatic rings. The van der Waals surface area contributed by atoms with E-state index in [0.717, 1.165) is 12.1 Å². The number of hydrogen-bond acceptors (Lipinski definition) is 4. The number of carbonyl (C=O) groups is 1. The number of aliphatic hydroxyl groups excluding tert-OH is 1. The molecule has 0 spiro atoms. The lowest BCUT2D eigenvalue weighted by atomic mass is 10.1. The van der Waals surface area contributed by atoms with Crippen molar-refractivity contribution < 1.29 is 9.90 Å². The van der Waals surface area contributed by atoms with Gasteiger partial charge in [-0.1, -0.05) is 24.3 Å². The van der Waals surface area contributed by atoms with Crippen LogP contribution in [0.25, 0.3) is 0 Å². The Kier molecular flexibility index (Phi) is 4.84. The van der Waals surface area contributed by atoms with Gasteiger partial charge >= 0.3 is 0 Å². The molecule has 1 aromatic heterocycles. The molecule has 106 valence electrons. The molecule has 0 aliphatic rings. The third kappa shape index (κ3) is 3.89. The molecule has 0 aliphatic heterocycles. The van der Waals surface area contributed by atoms with Crippen molar-refractivity contribution in [2.24, 2.45) is 0 Å². The molecule has 2 rings (SSSR count). The molecule has 0 unspecified atom stereocenters. The summed E-state index contributed by atoms with van der Waals surface area (Å²) in [7, 11) is 0. The number of aromatic nitrogens is 3. The van der Waals surface area contributed by atoms with Crippen LogP contribution < -0.4 is 5.32 Å². The van der Waals surface area contributed by atoms with Crippen molar-refractivity contribution in [2.75, 3.05) is 11.9 Å². The van der Waals surface area contributed by atoms with Crippen LogP contribution >= 0.6 is 0 Å². The Hall–Kier alpha value is -2.21. The van der Waals surface area contributed by atoms with Gasteiger partial charge in [-0.05, 0) is 24.1 Å². The molecule has 0 aliphatic carbocycles. The monoisotopic (exact) mass is 274 g/mol. The predicted molar refractivity (Wildman–Crippen MR) is 75.3 cm³/mol. The molecule has 1 heterocycles. The molecule has 1 aromatic carbocycles. The van der Waals surface area contributed by atoms with E-state index in [0.29, 0.717) is 12.1 Å². The highest BCUT2D eigenvalue weighted by Crippen LogP contribution is 2.10. The van der Waals surface area contributed by atoms with Gasteiger partial charge in [-0.3, -0.25) is 4.79 Å². The van der Waals surface area contributed by atoms with E-state index < -0.39 is 0 Å². The van der Waals surface area contributed by atoms with Gasteiger partial charge in [0.05, 0.1) is 5.69 Å². The number of nitrogens with one attached hydrogen (secondary N) is 1. The normalized spacial score (nSPS) is 10.5. The molecule has 6 nitrogen and oxygen atoms in total. The van der Waals surface area contributed by atoms with Gasteiger partial charge in [0, 0.05) is 24.9 Å². The van der Waals surface area contributed by atoms with Gasteiger partial charge in [-0.15, -0.1) is 5.10 Å². The number of aliphatic hydroxyl groups is 1. The summed E-state index contributed by atoms with van der Waals surface area (Å²) in [5.41, 5.74) is 2.67. The van der Waals surface area contributed by atoms with E-state index in [4.69, 9.17) is 5.11 Å². The van der Waals surface area contributed by atoms with Crippen molar-refractivity contribution in [3.63, 3.8) is 0 Å². The Bertz CT molecular complexity index is 563. The number of aryl methyl sites for hydroxylation is 1. The fraction of sp³-hybridized carbons (Fsp3) is 0.357. The molecule has 0 radical (unpaired) electrons.